The maximum Gasteiger partial charge on any atom is 0 e. The summed E-state index contributed by atoms with van der Waals surface area (Å²) in [6.45, 7) is 2.16. The van der Waals surface area contributed by atoms with Crippen molar-refractivity contribution in [2.75, 3.05) is 0 Å². The summed E-state index contributed by atoms with van der Waals surface area (Å²) in [4.78, 5) is 0. The first kappa shape index (κ1) is 14.2. The van der Waals surface area contributed by atoms with E-state index >= 15 is 0 Å². The molecule has 4 aromatic carbocycles. The Morgan fingerprint density at radius 2 is 1.38 bits per heavy atom. The Bertz CT molecular complexity index is 910. The first-order valence-electron chi connectivity index (χ1n) is 6.97. The maximum atomic E-state index is 2.28. The molecular weight excluding hydrogens is 288 g/mol. The molecule has 100 valence electrons. The Morgan fingerprint density at radius 1 is 0.714 bits per heavy atom. The summed E-state index contributed by atoms with van der Waals surface area (Å²) >= 11 is 0. The van der Waals surface area contributed by atoms with Crippen molar-refractivity contribution in [3.63, 3.8) is 0 Å². The fraction of sp³-hybridized carbons (Fsp3) is 0.0500. The molecule has 0 heterocycles. The van der Waals surface area contributed by atoms with Crippen LogP contribution in [0.5, 0.6) is 0 Å². The maximum absolute atomic E-state index is 2.28. The average Bonchev–Trinajstić information content (AvgIpc) is 2.87. The molecule has 21 heavy (non-hydrogen) atoms. The van der Waals surface area contributed by atoms with E-state index in [0.29, 0.717) is 0 Å². The number of benzene rings is 3. The van der Waals surface area contributed by atoms with Crippen molar-refractivity contribution in [2.24, 2.45) is 0 Å². The van der Waals surface area contributed by atoms with Crippen LogP contribution < -0.4 is 0 Å². The van der Waals surface area contributed by atoms with Crippen LogP contribution in [-0.2, 0) is 21.7 Å². The molecule has 0 nitrogen and oxygen atoms in total. The minimum atomic E-state index is 0. The molecule has 0 saturated carbocycles. The Balaban J connectivity index is 0.00000132. The Morgan fingerprint density at radius 3 is 2.24 bits per heavy atom. The molecule has 0 atom stereocenters. The summed E-state index contributed by atoms with van der Waals surface area (Å²) in [5, 5.41) is 5.29. The van der Waals surface area contributed by atoms with Crippen LogP contribution in [0.25, 0.3) is 32.7 Å². The van der Waals surface area contributed by atoms with E-state index in [4.69, 9.17) is 0 Å². The zero-order valence-corrected chi connectivity index (χ0v) is 13.5. The molecule has 0 bridgehead atoms. The smallest absolute Gasteiger partial charge is 0 e. The van der Waals surface area contributed by atoms with Crippen LogP contribution in [0.1, 0.15) is 5.56 Å². The third kappa shape index (κ3) is 2.35. The van der Waals surface area contributed by atoms with Crippen LogP contribution in [0, 0.1) is 6.92 Å². The second-order valence-corrected chi connectivity index (χ2v) is 5.37. The van der Waals surface area contributed by atoms with Gasteiger partial charge in [-0.25, -0.2) is 0 Å². The number of hydrogen-bond donors (Lipinski definition) is 0. The summed E-state index contributed by atoms with van der Waals surface area (Å²) < 4.78 is 0. The third-order valence-electron chi connectivity index (χ3n) is 3.97. The van der Waals surface area contributed by atoms with Crippen molar-refractivity contribution < 1.29 is 21.7 Å². The monoisotopic (exact) mass is 303 g/mol. The summed E-state index contributed by atoms with van der Waals surface area (Å²) in [5.41, 5.74) is 3.97. The quantitative estimate of drug-likeness (QED) is 0.313. The number of fused-ring (bicyclic) bond motifs is 2. The van der Waals surface area contributed by atoms with Gasteiger partial charge < -0.3 is 0 Å². The van der Waals surface area contributed by atoms with Crippen LogP contribution in [0.4, 0.5) is 0 Å². The molecule has 0 aromatic heterocycles. The van der Waals surface area contributed by atoms with Gasteiger partial charge in [-0.2, -0.15) is 6.07 Å². The van der Waals surface area contributed by atoms with Gasteiger partial charge in [0.25, 0.3) is 0 Å². The van der Waals surface area contributed by atoms with Gasteiger partial charge in [-0.05, 0) is 16.3 Å². The average molecular weight is 303 g/mol. The summed E-state index contributed by atoms with van der Waals surface area (Å²) in [6, 6.07) is 26.2. The van der Waals surface area contributed by atoms with Gasteiger partial charge >= 0.3 is 0 Å². The van der Waals surface area contributed by atoms with E-state index in [1.807, 2.05) is 0 Å². The normalized spacial score (nSPS) is 10.7. The van der Waals surface area contributed by atoms with E-state index in [1.165, 1.54) is 38.2 Å². The Labute approximate surface area is 139 Å². The van der Waals surface area contributed by atoms with E-state index in [2.05, 4.69) is 79.7 Å². The number of hydrogen-bond acceptors (Lipinski definition) is 0. The molecule has 0 aliphatic carbocycles. The van der Waals surface area contributed by atoms with Gasteiger partial charge in [0, 0.05) is 21.7 Å². The third-order valence-corrected chi connectivity index (χ3v) is 3.97. The van der Waals surface area contributed by atoms with Gasteiger partial charge in [-0.3, -0.25) is 0 Å². The van der Waals surface area contributed by atoms with Crippen molar-refractivity contribution in [1.82, 2.24) is 0 Å². The second-order valence-electron chi connectivity index (χ2n) is 5.37. The molecule has 4 aromatic rings. The Kier molecular flexibility index (Phi) is 3.76. The van der Waals surface area contributed by atoms with Crippen molar-refractivity contribution >= 4 is 21.5 Å². The molecule has 0 spiro atoms. The first-order chi connectivity index (χ1) is 9.83. The summed E-state index contributed by atoms with van der Waals surface area (Å²) in [7, 11) is 0. The molecule has 4 rings (SSSR count). The Hall–Kier alpha value is -1.76. The first-order valence-corrected chi connectivity index (χ1v) is 6.97. The largest absolute Gasteiger partial charge is 0.165 e. The van der Waals surface area contributed by atoms with E-state index < -0.39 is 0 Å². The molecular formula is C20H15Ti-. The van der Waals surface area contributed by atoms with Crippen LogP contribution in [0.15, 0.2) is 72.8 Å². The molecule has 0 N–H and O–H groups in total. The van der Waals surface area contributed by atoms with Crippen LogP contribution in [0.3, 0.4) is 0 Å². The van der Waals surface area contributed by atoms with Crippen molar-refractivity contribution in [1.29, 1.82) is 0 Å². The minimum absolute atomic E-state index is 0. The fourth-order valence-corrected chi connectivity index (χ4v) is 3.08. The number of rotatable bonds is 1. The van der Waals surface area contributed by atoms with Crippen LogP contribution >= 0.6 is 0 Å². The standard InChI is InChI=1S/C20H15.Ti/c1-14-12-16-8-5-11-19(20(16)13-14)18-10-4-7-15-6-2-3-9-17(15)18;/h2-13H,1H3;/q-1;. The van der Waals surface area contributed by atoms with Crippen molar-refractivity contribution in [3.05, 3.63) is 78.4 Å². The van der Waals surface area contributed by atoms with E-state index in [9.17, 15) is 0 Å². The predicted octanol–water partition coefficient (Wildman–Crippen LogP) is 5.68. The molecule has 0 aliphatic rings. The van der Waals surface area contributed by atoms with Gasteiger partial charge in [0.05, 0.1) is 0 Å². The molecule has 0 radical (unpaired) electrons. The van der Waals surface area contributed by atoms with E-state index in [1.54, 1.807) is 0 Å². The topological polar surface area (TPSA) is 0 Å². The van der Waals surface area contributed by atoms with Crippen LogP contribution in [0.2, 0.25) is 0 Å². The summed E-state index contributed by atoms with van der Waals surface area (Å²) in [5.74, 6) is 0. The fourth-order valence-electron chi connectivity index (χ4n) is 3.08. The molecule has 0 unspecified atom stereocenters. The SMILES string of the molecule is Cc1cc2c(-c3cccc4ccccc34)cccc2[cH-]1.[Ti]. The predicted molar refractivity (Wildman–Crippen MR) is 87.2 cm³/mol. The molecule has 0 amide bonds. The molecule has 1 heteroatoms. The van der Waals surface area contributed by atoms with Gasteiger partial charge in [-0.15, -0.1) is 34.5 Å². The van der Waals surface area contributed by atoms with Crippen molar-refractivity contribution in [2.45, 2.75) is 6.92 Å². The van der Waals surface area contributed by atoms with Gasteiger partial charge in [0.2, 0.25) is 0 Å². The van der Waals surface area contributed by atoms with Gasteiger partial charge in [0.15, 0.2) is 0 Å². The zero-order valence-electron chi connectivity index (χ0n) is 11.9. The van der Waals surface area contributed by atoms with Gasteiger partial charge in [0.1, 0.15) is 0 Å². The van der Waals surface area contributed by atoms with E-state index in [0.717, 1.165) is 0 Å². The molecule has 0 fully saturated rings. The molecule has 0 aliphatic heterocycles. The zero-order chi connectivity index (χ0) is 13.5. The van der Waals surface area contributed by atoms with Gasteiger partial charge in [-0.1, -0.05) is 61.0 Å². The minimum Gasteiger partial charge on any atom is -0.165 e. The van der Waals surface area contributed by atoms with Crippen molar-refractivity contribution in [3.8, 4) is 11.1 Å². The number of aryl methyl sites for hydroxylation is 1. The van der Waals surface area contributed by atoms with E-state index in [-0.39, 0.29) is 21.7 Å². The summed E-state index contributed by atoms with van der Waals surface area (Å²) in [6.07, 6.45) is 0. The molecule has 0 saturated heterocycles. The second kappa shape index (κ2) is 5.56. The van der Waals surface area contributed by atoms with Crippen LogP contribution in [-0.4, -0.2) is 0 Å².